The van der Waals surface area contributed by atoms with Crippen LogP contribution in [0.2, 0.25) is 0 Å². The van der Waals surface area contributed by atoms with E-state index in [-0.39, 0.29) is 30.7 Å². The van der Waals surface area contributed by atoms with E-state index in [0.717, 1.165) is 25.0 Å². The molecule has 37 heavy (non-hydrogen) atoms. The molecule has 0 aliphatic carbocycles. The van der Waals surface area contributed by atoms with Crippen LogP contribution in [0.15, 0.2) is 36.4 Å². The van der Waals surface area contributed by atoms with Gasteiger partial charge in [0.15, 0.2) is 11.6 Å². The number of aliphatic carboxylic acids is 1. The fourth-order valence-corrected chi connectivity index (χ4v) is 4.99. The average Bonchev–Trinajstić information content (AvgIpc) is 3.35. The maximum atomic E-state index is 13.8. The number of urea groups is 1. The van der Waals surface area contributed by atoms with Gasteiger partial charge in [-0.05, 0) is 36.6 Å². The fourth-order valence-electron chi connectivity index (χ4n) is 4.99. The van der Waals surface area contributed by atoms with E-state index in [9.17, 15) is 28.3 Å². The molecule has 4 rings (SSSR count). The van der Waals surface area contributed by atoms with Crippen molar-refractivity contribution in [3.8, 4) is 22.6 Å². The van der Waals surface area contributed by atoms with Gasteiger partial charge in [-0.15, -0.1) is 0 Å². The van der Waals surface area contributed by atoms with E-state index in [2.05, 4.69) is 0 Å². The van der Waals surface area contributed by atoms with E-state index < -0.39 is 35.5 Å². The number of carboxylic acids is 1. The zero-order chi connectivity index (χ0) is 26.7. The molecule has 2 aliphatic rings. The SMILES string of the molecule is COc1cc(F)c(F)cc1-c1ccc(OCC2CCCN(C(=O)C3CN(C(N)=O)CC3C(=O)O)C2)cc1. The van der Waals surface area contributed by atoms with Gasteiger partial charge in [0, 0.05) is 43.7 Å². The number of primary amides is 1. The number of amides is 3. The largest absolute Gasteiger partial charge is 0.496 e. The summed E-state index contributed by atoms with van der Waals surface area (Å²) >= 11 is 0. The van der Waals surface area contributed by atoms with Gasteiger partial charge in [0.25, 0.3) is 0 Å². The summed E-state index contributed by atoms with van der Waals surface area (Å²) in [6.07, 6.45) is 1.59. The minimum Gasteiger partial charge on any atom is -0.496 e. The van der Waals surface area contributed by atoms with Crippen LogP contribution in [0.3, 0.4) is 0 Å². The molecule has 0 bridgehead atoms. The number of nitrogens with two attached hydrogens (primary N) is 1. The van der Waals surface area contributed by atoms with Crippen LogP contribution in [-0.2, 0) is 9.59 Å². The van der Waals surface area contributed by atoms with Crippen LogP contribution in [0.5, 0.6) is 11.5 Å². The number of methoxy groups -OCH3 is 1. The van der Waals surface area contributed by atoms with Crippen molar-refractivity contribution < 1.29 is 37.7 Å². The second-order valence-electron chi connectivity index (χ2n) is 9.39. The van der Waals surface area contributed by atoms with E-state index in [1.165, 1.54) is 12.0 Å². The van der Waals surface area contributed by atoms with Crippen LogP contribution >= 0.6 is 0 Å². The number of carbonyl (C=O) groups is 3. The summed E-state index contributed by atoms with van der Waals surface area (Å²) in [4.78, 5) is 39.2. The predicted molar refractivity (Wildman–Crippen MR) is 129 cm³/mol. The van der Waals surface area contributed by atoms with Gasteiger partial charge in [-0.25, -0.2) is 13.6 Å². The summed E-state index contributed by atoms with van der Waals surface area (Å²) in [5.41, 5.74) is 6.35. The molecule has 3 atom stereocenters. The first-order valence-corrected chi connectivity index (χ1v) is 12.0. The Morgan fingerprint density at radius 2 is 1.70 bits per heavy atom. The van der Waals surface area contributed by atoms with Crippen LogP contribution in [0.1, 0.15) is 12.8 Å². The Bertz CT molecular complexity index is 1180. The van der Waals surface area contributed by atoms with E-state index in [1.807, 2.05) is 0 Å². The van der Waals surface area contributed by atoms with Gasteiger partial charge in [-0.1, -0.05) is 12.1 Å². The third-order valence-corrected chi connectivity index (χ3v) is 6.99. The zero-order valence-corrected chi connectivity index (χ0v) is 20.4. The van der Waals surface area contributed by atoms with Crippen molar-refractivity contribution in [2.75, 3.05) is 39.9 Å². The highest BCUT2D eigenvalue weighted by Crippen LogP contribution is 2.33. The Hall–Kier alpha value is -3.89. The summed E-state index contributed by atoms with van der Waals surface area (Å²) in [7, 11) is 1.38. The number of carboxylic acid groups (broad SMARTS) is 1. The van der Waals surface area contributed by atoms with Gasteiger partial charge in [-0.3, -0.25) is 9.59 Å². The molecule has 3 amide bonds. The number of nitrogens with zero attached hydrogens (tertiary/aromatic N) is 2. The number of halogens is 2. The highest BCUT2D eigenvalue weighted by Gasteiger charge is 2.45. The Labute approximate surface area is 212 Å². The second kappa shape index (κ2) is 11.0. The highest BCUT2D eigenvalue weighted by molar-refractivity contribution is 5.87. The number of hydrogen-bond donors (Lipinski definition) is 2. The monoisotopic (exact) mass is 517 g/mol. The number of piperidine rings is 1. The Kier molecular flexibility index (Phi) is 7.80. The minimum atomic E-state index is -1.12. The molecule has 2 aromatic carbocycles. The van der Waals surface area contributed by atoms with Crippen LogP contribution in [0.25, 0.3) is 11.1 Å². The first-order chi connectivity index (χ1) is 17.7. The highest BCUT2D eigenvalue weighted by atomic mass is 19.2. The molecular formula is C26H29F2N3O6. The van der Waals surface area contributed by atoms with Crippen LogP contribution in [0, 0.1) is 29.4 Å². The van der Waals surface area contributed by atoms with Crippen molar-refractivity contribution in [3.63, 3.8) is 0 Å². The lowest BCUT2D eigenvalue weighted by atomic mass is 9.92. The summed E-state index contributed by atoms with van der Waals surface area (Å²) in [6.45, 7) is 1.20. The van der Waals surface area contributed by atoms with Gasteiger partial charge < -0.3 is 30.1 Å². The average molecular weight is 518 g/mol. The first-order valence-electron chi connectivity index (χ1n) is 12.0. The quantitative estimate of drug-likeness (QED) is 0.582. The van der Waals surface area contributed by atoms with Gasteiger partial charge in [0.2, 0.25) is 5.91 Å². The van der Waals surface area contributed by atoms with Crippen LogP contribution in [0.4, 0.5) is 13.6 Å². The molecule has 3 unspecified atom stereocenters. The maximum absolute atomic E-state index is 13.8. The lowest BCUT2D eigenvalue weighted by Gasteiger charge is -2.34. The molecule has 0 aromatic heterocycles. The Balaban J connectivity index is 1.36. The summed E-state index contributed by atoms with van der Waals surface area (Å²) in [6, 6.07) is 8.23. The minimum absolute atomic E-state index is 0.00209. The van der Waals surface area contributed by atoms with Crippen molar-refractivity contribution in [2.24, 2.45) is 23.5 Å². The summed E-state index contributed by atoms with van der Waals surface area (Å²) in [5, 5.41) is 9.53. The molecule has 9 nitrogen and oxygen atoms in total. The Morgan fingerprint density at radius 3 is 2.35 bits per heavy atom. The van der Waals surface area contributed by atoms with E-state index in [0.29, 0.717) is 36.6 Å². The van der Waals surface area contributed by atoms with Crippen molar-refractivity contribution >= 4 is 17.9 Å². The van der Waals surface area contributed by atoms with Gasteiger partial charge >= 0.3 is 12.0 Å². The van der Waals surface area contributed by atoms with E-state index in [1.54, 1.807) is 29.2 Å². The lowest BCUT2D eigenvalue weighted by molar-refractivity contribution is -0.149. The van der Waals surface area contributed by atoms with Crippen molar-refractivity contribution in [1.29, 1.82) is 0 Å². The molecule has 0 spiro atoms. The topological polar surface area (TPSA) is 122 Å². The smallest absolute Gasteiger partial charge is 0.314 e. The Morgan fingerprint density at radius 1 is 1.03 bits per heavy atom. The molecule has 2 aromatic rings. The van der Waals surface area contributed by atoms with Crippen molar-refractivity contribution in [3.05, 3.63) is 48.0 Å². The lowest BCUT2D eigenvalue weighted by Crippen LogP contribution is -2.46. The molecule has 2 aliphatic heterocycles. The standard InChI is InChI=1S/C26H29F2N3O6/c1-36-23-10-22(28)21(27)9-18(23)16-4-6-17(7-5-16)37-14-15-3-2-8-30(11-15)24(32)19-12-31(26(29)35)13-20(19)25(33)34/h4-7,9-10,15,19-20H,2-3,8,11-14H2,1H3,(H2,29,35)(H,33,34). The van der Waals surface area contributed by atoms with E-state index >= 15 is 0 Å². The third kappa shape index (κ3) is 5.76. The molecule has 2 fully saturated rings. The predicted octanol–water partition coefficient (Wildman–Crippen LogP) is 2.97. The van der Waals surface area contributed by atoms with Gasteiger partial charge in [0.1, 0.15) is 11.5 Å². The van der Waals surface area contributed by atoms with Crippen molar-refractivity contribution in [2.45, 2.75) is 12.8 Å². The molecule has 2 saturated heterocycles. The summed E-state index contributed by atoms with van der Waals surface area (Å²) in [5.74, 6) is -4.35. The summed E-state index contributed by atoms with van der Waals surface area (Å²) < 4.78 is 38.4. The molecule has 11 heteroatoms. The molecule has 0 saturated carbocycles. The van der Waals surface area contributed by atoms with E-state index in [4.69, 9.17) is 15.2 Å². The molecule has 3 N–H and O–H groups in total. The normalized spacial score (nSPS) is 21.5. The fraction of sp³-hybridized carbons (Fsp3) is 0.423. The second-order valence-corrected chi connectivity index (χ2v) is 9.39. The first kappa shape index (κ1) is 26.2. The molecular weight excluding hydrogens is 488 g/mol. The third-order valence-electron chi connectivity index (χ3n) is 6.99. The molecule has 0 radical (unpaired) electrons. The number of benzene rings is 2. The number of ether oxygens (including phenoxy) is 2. The van der Waals surface area contributed by atoms with Gasteiger partial charge in [0.05, 0.1) is 25.6 Å². The van der Waals surface area contributed by atoms with Crippen LogP contribution < -0.4 is 15.2 Å². The maximum Gasteiger partial charge on any atom is 0.314 e. The van der Waals surface area contributed by atoms with Crippen molar-refractivity contribution in [1.82, 2.24) is 9.80 Å². The number of carbonyl (C=O) groups excluding carboxylic acids is 2. The number of likely N-dealkylation sites (tertiary alicyclic amines) is 2. The van der Waals surface area contributed by atoms with Gasteiger partial charge in [-0.2, -0.15) is 0 Å². The van der Waals surface area contributed by atoms with Crippen LogP contribution in [-0.4, -0.2) is 72.7 Å². The number of rotatable bonds is 7. The zero-order valence-electron chi connectivity index (χ0n) is 20.4. The number of hydrogen-bond acceptors (Lipinski definition) is 5. The molecule has 2 heterocycles. The molecule has 198 valence electrons.